The van der Waals surface area contributed by atoms with Crippen LogP contribution < -0.4 is 0 Å². The summed E-state index contributed by atoms with van der Waals surface area (Å²) in [5, 5.41) is 10.1. The van der Waals surface area contributed by atoms with Crippen molar-refractivity contribution in [3.63, 3.8) is 0 Å². The lowest BCUT2D eigenvalue weighted by Crippen LogP contribution is -2.10. The van der Waals surface area contributed by atoms with Gasteiger partial charge < -0.3 is 5.11 Å². The van der Waals surface area contributed by atoms with Crippen LogP contribution in [-0.4, -0.2) is 10.7 Å². The van der Waals surface area contributed by atoms with Crippen LogP contribution in [0.1, 0.15) is 71.6 Å². The lowest BCUT2D eigenvalue weighted by atomic mass is 10.0. The van der Waals surface area contributed by atoms with Gasteiger partial charge in [-0.25, -0.2) is 0 Å². The smallest absolute Gasteiger partial charge is 0.0680 e. The average Bonchev–Trinajstić information content (AvgIpc) is 2.79. The summed E-state index contributed by atoms with van der Waals surface area (Å²) in [7, 11) is 0. The second-order valence-corrected chi connectivity index (χ2v) is 4.96. The summed E-state index contributed by atoms with van der Waals surface area (Å²) in [6.45, 7) is 4.45. The molecule has 1 aliphatic carbocycles. The third kappa shape index (κ3) is 3.61. The van der Waals surface area contributed by atoms with E-state index >= 15 is 0 Å². The van der Waals surface area contributed by atoms with Crippen molar-refractivity contribution in [2.45, 2.75) is 77.2 Å². The Kier molecular flexibility index (Phi) is 4.94. The summed E-state index contributed by atoms with van der Waals surface area (Å²) >= 11 is 0. The van der Waals surface area contributed by atoms with Gasteiger partial charge in [0.05, 0.1) is 5.60 Å². The van der Waals surface area contributed by atoms with E-state index in [1.165, 1.54) is 44.9 Å². The summed E-state index contributed by atoms with van der Waals surface area (Å²) < 4.78 is 0. The van der Waals surface area contributed by atoms with Crippen LogP contribution in [0.5, 0.6) is 0 Å². The van der Waals surface area contributed by atoms with Crippen molar-refractivity contribution >= 4 is 0 Å². The van der Waals surface area contributed by atoms with Crippen LogP contribution in [0.3, 0.4) is 0 Å². The average molecular weight is 198 g/mol. The molecule has 0 bridgehead atoms. The van der Waals surface area contributed by atoms with Crippen molar-refractivity contribution < 1.29 is 5.11 Å². The second-order valence-electron chi connectivity index (χ2n) is 4.96. The molecule has 0 aromatic carbocycles. The molecular formula is C13H26O. The molecule has 84 valence electrons. The predicted octanol–water partition coefficient (Wildman–Crippen LogP) is 3.90. The minimum absolute atomic E-state index is 0.233. The topological polar surface area (TPSA) is 20.2 Å². The van der Waals surface area contributed by atoms with Gasteiger partial charge in [0, 0.05) is 0 Å². The fourth-order valence-corrected chi connectivity index (χ4v) is 2.37. The Hall–Kier alpha value is -0.0400. The van der Waals surface area contributed by atoms with Crippen LogP contribution in [-0.2, 0) is 0 Å². The van der Waals surface area contributed by atoms with Crippen LogP contribution in [0, 0.1) is 5.92 Å². The zero-order valence-corrected chi connectivity index (χ0v) is 9.89. The SMILES string of the molecule is CCCCC[C@@H]1C[C@@]1(O)CCCCC. The van der Waals surface area contributed by atoms with Gasteiger partial charge in [-0.1, -0.05) is 52.4 Å². The zero-order chi connectivity index (χ0) is 10.4. The number of unbranched alkanes of at least 4 members (excludes halogenated alkanes) is 4. The monoisotopic (exact) mass is 198 g/mol. The van der Waals surface area contributed by atoms with E-state index in [0.29, 0.717) is 5.92 Å². The Morgan fingerprint density at radius 2 is 1.71 bits per heavy atom. The molecule has 1 N–H and O–H groups in total. The highest BCUT2D eigenvalue weighted by Crippen LogP contribution is 2.50. The van der Waals surface area contributed by atoms with Crippen LogP contribution in [0.4, 0.5) is 0 Å². The maximum absolute atomic E-state index is 10.1. The maximum atomic E-state index is 10.1. The molecule has 0 aromatic heterocycles. The third-order valence-electron chi connectivity index (χ3n) is 3.57. The van der Waals surface area contributed by atoms with Crippen molar-refractivity contribution in [2.75, 3.05) is 0 Å². The first-order valence-corrected chi connectivity index (χ1v) is 6.45. The lowest BCUT2D eigenvalue weighted by Gasteiger charge is -2.09. The molecule has 0 radical (unpaired) electrons. The molecule has 1 saturated carbocycles. The molecule has 2 atom stereocenters. The molecule has 0 spiro atoms. The van der Waals surface area contributed by atoms with Gasteiger partial charge in [-0.3, -0.25) is 0 Å². The van der Waals surface area contributed by atoms with Gasteiger partial charge in [-0.2, -0.15) is 0 Å². The molecule has 1 fully saturated rings. The molecule has 0 unspecified atom stereocenters. The molecule has 0 aliphatic heterocycles. The van der Waals surface area contributed by atoms with Gasteiger partial charge in [0.15, 0.2) is 0 Å². The quantitative estimate of drug-likeness (QED) is 0.586. The number of rotatable bonds is 8. The van der Waals surface area contributed by atoms with Gasteiger partial charge in [-0.15, -0.1) is 0 Å². The molecule has 0 amide bonds. The van der Waals surface area contributed by atoms with E-state index in [4.69, 9.17) is 0 Å². The summed E-state index contributed by atoms with van der Waals surface area (Å²) in [6, 6.07) is 0. The molecule has 14 heavy (non-hydrogen) atoms. The molecule has 0 heterocycles. The Bertz CT molecular complexity index is 155. The molecule has 1 heteroatoms. The van der Waals surface area contributed by atoms with E-state index in [-0.39, 0.29) is 5.60 Å². The zero-order valence-electron chi connectivity index (χ0n) is 9.89. The minimum Gasteiger partial charge on any atom is -0.390 e. The molecule has 1 nitrogen and oxygen atoms in total. The number of hydrogen-bond donors (Lipinski definition) is 1. The van der Waals surface area contributed by atoms with Crippen molar-refractivity contribution in [1.82, 2.24) is 0 Å². The Balaban J connectivity index is 2.03. The third-order valence-corrected chi connectivity index (χ3v) is 3.57. The van der Waals surface area contributed by atoms with E-state index in [0.717, 1.165) is 12.8 Å². The van der Waals surface area contributed by atoms with Gasteiger partial charge in [0.1, 0.15) is 0 Å². The minimum atomic E-state index is -0.233. The first kappa shape index (κ1) is 12.0. The molecular weight excluding hydrogens is 172 g/mol. The van der Waals surface area contributed by atoms with Gasteiger partial charge >= 0.3 is 0 Å². The second kappa shape index (κ2) is 5.75. The summed E-state index contributed by atoms with van der Waals surface area (Å²) in [6.07, 6.45) is 11.1. The van der Waals surface area contributed by atoms with E-state index < -0.39 is 0 Å². The first-order valence-electron chi connectivity index (χ1n) is 6.45. The van der Waals surface area contributed by atoms with E-state index in [1.54, 1.807) is 0 Å². The Labute approximate surface area is 88.9 Å². The van der Waals surface area contributed by atoms with Crippen molar-refractivity contribution in [3.05, 3.63) is 0 Å². The Morgan fingerprint density at radius 3 is 2.36 bits per heavy atom. The van der Waals surface area contributed by atoms with Crippen molar-refractivity contribution in [2.24, 2.45) is 5.92 Å². The fraction of sp³-hybridized carbons (Fsp3) is 1.00. The first-order chi connectivity index (χ1) is 6.73. The largest absolute Gasteiger partial charge is 0.390 e. The molecule has 1 rings (SSSR count). The van der Waals surface area contributed by atoms with E-state index in [9.17, 15) is 5.11 Å². The number of hydrogen-bond acceptors (Lipinski definition) is 1. The van der Waals surface area contributed by atoms with Gasteiger partial charge in [0.25, 0.3) is 0 Å². The summed E-state index contributed by atoms with van der Waals surface area (Å²) in [5.41, 5.74) is -0.233. The highest BCUT2D eigenvalue weighted by molar-refractivity contribution is 5.02. The van der Waals surface area contributed by atoms with E-state index in [1.807, 2.05) is 0 Å². The van der Waals surface area contributed by atoms with Crippen LogP contribution in [0.15, 0.2) is 0 Å². The lowest BCUT2D eigenvalue weighted by molar-refractivity contribution is 0.115. The van der Waals surface area contributed by atoms with Gasteiger partial charge in [-0.05, 0) is 25.2 Å². The maximum Gasteiger partial charge on any atom is 0.0680 e. The normalized spacial score (nSPS) is 30.6. The number of aliphatic hydroxyl groups is 1. The summed E-state index contributed by atoms with van der Waals surface area (Å²) in [5.74, 6) is 0.644. The summed E-state index contributed by atoms with van der Waals surface area (Å²) in [4.78, 5) is 0. The van der Waals surface area contributed by atoms with E-state index in [2.05, 4.69) is 13.8 Å². The standard InChI is InChI=1S/C13H26O/c1-3-5-7-9-12-11-13(12,14)10-8-6-4-2/h12,14H,3-11H2,1-2H3/t12-,13+/m1/s1. The highest BCUT2D eigenvalue weighted by Gasteiger charge is 2.50. The molecule has 1 aliphatic rings. The predicted molar refractivity (Wildman–Crippen MR) is 61.3 cm³/mol. The fourth-order valence-electron chi connectivity index (χ4n) is 2.37. The van der Waals surface area contributed by atoms with Crippen molar-refractivity contribution in [3.8, 4) is 0 Å². The Morgan fingerprint density at radius 1 is 1.07 bits per heavy atom. The van der Waals surface area contributed by atoms with Crippen LogP contribution in [0.2, 0.25) is 0 Å². The molecule has 0 aromatic rings. The van der Waals surface area contributed by atoms with Gasteiger partial charge in [0.2, 0.25) is 0 Å². The highest BCUT2D eigenvalue weighted by atomic mass is 16.3. The van der Waals surface area contributed by atoms with Crippen molar-refractivity contribution in [1.29, 1.82) is 0 Å². The van der Waals surface area contributed by atoms with Crippen LogP contribution in [0.25, 0.3) is 0 Å². The molecule has 0 saturated heterocycles. The van der Waals surface area contributed by atoms with Crippen LogP contribution >= 0.6 is 0 Å².